The average molecular weight is 272 g/mol. The second-order valence-corrected chi connectivity index (χ2v) is 4.52. The third-order valence-electron chi connectivity index (χ3n) is 2.79. The SMILES string of the molecule is Cc1cc(NC(=O)CCCC(=O)c2ccccc2)on1. The molecule has 1 N–H and O–H groups in total. The van der Waals surface area contributed by atoms with Crippen LogP contribution in [-0.4, -0.2) is 16.8 Å². The Morgan fingerprint density at radius 1 is 1.20 bits per heavy atom. The van der Waals surface area contributed by atoms with E-state index in [-0.39, 0.29) is 18.1 Å². The number of anilines is 1. The second-order valence-electron chi connectivity index (χ2n) is 4.52. The van der Waals surface area contributed by atoms with Crippen LogP contribution in [0.25, 0.3) is 0 Å². The van der Waals surface area contributed by atoms with Gasteiger partial charge in [0.05, 0.1) is 5.69 Å². The van der Waals surface area contributed by atoms with E-state index in [9.17, 15) is 9.59 Å². The van der Waals surface area contributed by atoms with Crippen LogP contribution in [0.1, 0.15) is 35.3 Å². The summed E-state index contributed by atoms with van der Waals surface area (Å²) in [6, 6.07) is 10.7. The van der Waals surface area contributed by atoms with Crippen LogP contribution in [0.2, 0.25) is 0 Å². The van der Waals surface area contributed by atoms with E-state index in [4.69, 9.17) is 4.52 Å². The predicted octanol–water partition coefficient (Wildman–Crippen LogP) is 2.97. The van der Waals surface area contributed by atoms with Gasteiger partial charge in [-0.05, 0) is 13.3 Å². The van der Waals surface area contributed by atoms with Crippen molar-refractivity contribution in [3.63, 3.8) is 0 Å². The molecule has 5 heteroatoms. The average Bonchev–Trinajstić information content (AvgIpc) is 2.85. The molecular formula is C15H16N2O3. The first-order valence-electron chi connectivity index (χ1n) is 6.46. The molecule has 1 amide bonds. The fourth-order valence-corrected chi connectivity index (χ4v) is 1.80. The molecule has 2 aromatic rings. The zero-order valence-electron chi connectivity index (χ0n) is 11.3. The highest BCUT2D eigenvalue weighted by atomic mass is 16.5. The largest absolute Gasteiger partial charge is 0.338 e. The number of carbonyl (C=O) groups is 2. The van der Waals surface area contributed by atoms with Gasteiger partial charge in [0.25, 0.3) is 0 Å². The van der Waals surface area contributed by atoms with Crippen LogP contribution in [-0.2, 0) is 4.79 Å². The molecule has 0 aliphatic rings. The van der Waals surface area contributed by atoms with E-state index in [2.05, 4.69) is 10.5 Å². The normalized spacial score (nSPS) is 10.2. The van der Waals surface area contributed by atoms with Crippen LogP contribution in [0.5, 0.6) is 0 Å². The van der Waals surface area contributed by atoms with Crippen LogP contribution in [0.4, 0.5) is 5.88 Å². The second kappa shape index (κ2) is 6.65. The molecule has 104 valence electrons. The lowest BCUT2D eigenvalue weighted by molar-refractivity contribution is -0.116. The molecule has 0 radical (unpaired) electrons. The highest BCUT2D eigenvalue weighted by Gasteiger charge is 2.09. The Hall–Kier alpha value is -2.43. The summed E-state index contributed by atoms with van der Waals surface area (Å²) >= 11 is 0. The zero-order valence-corrected chi connectivity index (χ0v) is 11.3. The Bertz CT molecular complexity index is 590. The lowest BCUT2D eigenvalue weighted by atomic mass is 10.1. The lowest BCUT2D eigenvalue weighted by Gasteiger charge is -2.01. The Labute approximate surface area is 117 Å². The van der Waals surface area contributed by atoms with Crippen molar-refractivity contribution < 1.29 is 14.1 Å². The van der Waals surface area contributed by atoms with E-state index in [0.717, 1.165) is 0 Å². The first-order chi connectivity index (χ1) is 9.65. The number of ketones is 1. The predicted molar refractivity (Wildman–Crippen MR) is 74.5 cm³/mol. The number of Topliss-reactive ketones (excluding diaryl/α,β-unsaturated/α-hetero) is 1. The van der Waals surface area contributed by atoms with Gasteiger partial charge < -0.3 is 4.52 Å². The maximum atomic E-state index is 11.8. The van der Waals surface area contributed by atoms with Crippen molar-refractivity contribution in [3.8, 4) is 0 Å². The van der Waals surface area contributed by atoms with Crippen molar-refractivity contribution in [2.75, 3.05) is 5.32 Å². The fraction of sp³-hybridized carbons (Fsp3) is 0.267. The molecule has 0 saturated heterocycles. The molecule has 0 aliphatic heterocycles. The van der Waals surface area contributed by atoms with Gasteiger partial charge in [0, 0.05) is 24.5 Å². The lowest BCUT2D eigenvalue weighted by Crippen LogP contribution is -2.11. The Morgan fingerprint density at radius 2 is 1.95 bits per heavy atom. The first-order valence-corrected chi connectivity index (χ1v) is 6.46. The summed E-state index contributed by atoms with van der Waals surface area (Å²) in [7, 11) is 0. The molecule has 1 aromatic heterocycles. The number of carbonyl (C=O) groups excluding carboxylic acids is 2. The molecule has 2 rings (SSSR count). The number of benzene rings is 1. The molecule has 0 saturated carbocycles. The van der Waals surface area contributed by atoms with Gasteiger partial charge in [-0.15, -0.1) is 0 Å². The van der Waals surface area contributed by atoms with E-state index in [0.29, 0.717) is 30.0 Å². The van der Waals surface area contributed by atoms with Gasteiger partial charge in [0.15, 0.2) is 5.78 Å². The number of amides is 1. The molecular weight excluding hydrogens is 256 g/mol. The van der Waals surface area contributed by atoms with Crippen LogP contribution in [0.3, 0.4) is 0 Å². The van der Waals surface area contributed by atoms with E-state index >= 15 is 0 Å². The van der Waals surface area contributed by atoms with Crippen molar-refractivity contribution in [1.82, 2.24) is 5.16 Å². The van der Waals surface area contributed by atoms with Gasteiger partial charge in [0.2, 0.25) is 11.8 Å². The topological polar surface area (TPSA) is 72.2 Å². The number of hydrogen-bond acceptors (Lipinski definition) is 4. The third-order valence-corrected chi connectivity index (χ3v) is 2.79. The van der Waals surface area contributed by atoms with E-state index < -0.39 is 0 Å². The highest BCUT2D eigenvalue weighted by molar-refractivity contribution is 5.96. The number of hydrogen-bond donors (Lipinski definition) is 1. The molecule has 1 heterocycles. The summed E-state index contributed by atoms with van der Waals surface area (Å²) in [6.07, 6.45) is 1.14. The van der Waals surface area contributed by atoms with Gasteiger partial charge in [-0.2, -0.15) is 0 Å². The van der Waals surface area contributed by atoms with Gasteiger partial charge in [0.1, 0.15) is 0 Å². The van der Waals surface area contributed by atoms with Gasteiger partial charge >= 0.3 is 0 Å². The van der Waals surface area contributed by atoms with Gasteiger partial charge in [-0.25, -0.2) is 0 Å². The summed E-state index contributed by atoms with van der Waals surface area (Å²) in [5.74, 6) is 0.206. The van der Waals surface area contributed by atoms with Crippen molar-refractivity contribution in [2.24, 2.45) is 0 Å². The smallest absolute Gasteiger partial charge is 0.231 e. The molecule has 20 heavy (non-hydrogen) atoms. The zero-order chi connectivity index (χ0) is 14.4. The summed E-state index contributed by atoms with van der Waals surface area (Å²) in [5, 5.41) is 6.27. The van der Waals surface area contributed by atoms with E-state index in [1.54, 1.807) is 25.1 Å². The van der Waals surface area contributed by atoms with Crippen LogP contribution in [0.15, 0.2) is 40.9 Å². The van der Waals surface area contributed by atoms with Crippen molar-refractivity contribution >= 4 is 17.6 Å². The summed E-state index contributed by atoms with van der Waals surface area (Å²) < 4.78 is 4.88. The molecule has 0 aliphatic carbocycles. The monoisotopic (exact) mass is 272 g/mol. The molecule has 0 atom stereocenters. The molecule has 0 unspecified atom stereocenters. The van der Waals surface area contributed by atoms with Crippen LogP contribution < -0.4 is 5.32 Å². The Kier molecular flexibility index (Phi) is 4.65. The number of aryl methyl sites for hydroxylation is 1. The third kappa shape index (κ3) is 4.05. The first kappa shape index (κ1) is 14.0. The van der Waals surface area contributed by atoms with Gasteiger partial charge in [-0.1, -0.05) is 35.5 Å². The number of rotatable bonds is 6. The van der Waals surface area contributed by atoms with Crippen LogP contribution in [0, 0.1) is 6.92 Å². The Balaban J connectivity index is 1.73. The minimum atomic E-state index is -0.179. The van der Waals surface area contributed by atoms with E-state index in [1.807, 2.05) is 18.2 Å². The molecule has 0 bridgehead atoms. The maximum Gasteiger partial charge on any atom is 0.231 e. The summed E-state index contributed by atoms with van der Waals surface area (Å²) in [5.41, 5.74) is 1.39. The number of nitrogens with zero attached hydrogens (tertiary/aromatic N) is 1. The fourth-order valence-electron chi connectivity index (χ4n) is 1.80. The van der Waals surface area contributed by atoms with Crippen LogP contribution >= 0.6 is 0 Å². The minimum Gasteiger partial charge on any atom is -0.338 e. The summed E-state index contributed by atoms with van der Waals surface area (Å²) in [6.45, 7) is 1.78. The standard InChI is InChI=1S/C15H16N2O3/c1-11-10-15(20-17-11)16-14(19)9-5-8-13(18)12-6-3-2-4-7-12/h2-4,6-7,10H,5,8-9H2,1H3,(H,16,19). The van der Waals surface area contributed by atoms with Crippen molar-refractivity contribution in [1.29, 1.82) is 0 Å². The minimum absolute atomic E-state index is 0.0499. The molecule has 1 aromatic carbocycles. The van der Waals surface area contributed by atoms with Crippen molar-refractivity contribution in [2.45, 2.75) is 26.2 Å². The molecule has 0 fully saturated rings. The molecule has 0 spiro atoms. The number of nitrogens with one attached hydrogen (secondary N) is 1. The summed E-state index contributed by atoms with van der Waals surface area (Å²) in [4.78, 5) is 23.5. The van der Waals surface area contributed by atoms with Crippen molar-refractivity contribution in [3.05, 3.63) is 47.7 Å². The highest BCUT2D eigenvalue weighted by Crippen LogP contribution is 2.10. The quantitative estimate of drug-likeness (QED) is 0.820. The van der Waals surface area contributed by atoms with Gasteiger partial charge in [-0.3, -0.25) is 14.9 Å². The Morgan fingerprint density at radius 3 is 2.60 bits per heavy atom. The number of aromatic nitrogens is 1. The maximum absolute atomic E-state index is 11.8. The van der Waals surface area contributed by atoms with E-state index in [1.165, 1.54) is 0 Å². The molecule has 5 nitrogen and oxygen atoms in total.